The van der Waals surface area contributed by atoms with Crippen molar-refractivity contribution in [2.24, 2.45) is 0 Å². The number of aromatic nitrogens is 1. The molecule has 0 spiro atoms. The van der Waals surface area contributed by atoms with Crippen molar-refractivity contribution in [1.29, 1.82) is 5.26 Å². The lowest BCUT2D eigenvalue weighted by Crippen LogP contribution is -2.13. The zero-order valence-corrected chi connectivity index (χ0v) is 14.9. The molecule has 0 aliphatic heterocycles. The first-order valence-electron chi connectivity index (χ1n) is 6.46. The van der Waals surface area contributed by atoms with E-state index in [4.69, 9.17) is 11.0 Å². The lowest BCUT2D eigenvalue weighted by Gasteiger charge is -2.12. The van der Waals surface area contributed by atoms with Crippen molar-refractivity contribution in [2.75, 3.05) is 12.8 Å². The Labute approximate surface area is 149 Å². The topological polar surface area (TPSA) is 115 Å². The van der Waals surface area contributed by atoms with E-state index in [1.165, 1.54) is 16.8 Å². The molecule has 0 aliphatic carbocycles. The number of sulfone groups is 1. The minimum atomic E-state index is -4.78. The summed E-state index contributed by atoms with van der Waals surface area (Å²) in [5.41, 5.74) is 5.70. The van der Waals surface area contributed by atoms with Gasteiger partial charge in [0.1, 0.15) is 6.07 Å². The summed E-state index contributed by atoms with van der Waals surface area (Å²) >= 11 is 3.08. The molecule has 1 aromatic heterocycles. The van der Waals surface area contributed by atoms with E-state index in [1.54, 1.807) is 0 Å². The van der Waals surface area contributed by atoms with Crippen LogP contribution in [-0.4, -0.2) is 31.8 Å². The SMILES string of the molecule is COC(=O)c1c(N)c(C#N)cn1-c1ccc(S(=O)(=O)C(F)F)cc1Br. The first-order chi connectivity index (χ1) is 11.6. The second-order valence-corrected chi connectivity index (χ2v) is 7.47. The van der Waals surface area contributed by atoms with Gasteiger partial charge < -0.3 is 15.0 Å². The first-order valence-corrected chi connectivity index (χ1v) is 8.80. The highest BCUT2D eigenvalue weighted by Gasteiger charge is 2.28. The van der Waals surface area contributed by atoms with Gasteiger partial charge in [-0.05, 0) is 34.1 Å². The summed E-state index contributed by atoms with van der Waals surface area (Å²) < 4.78 is 54.3. The number of nitriles is 1. The predicted octanol–water partition coefficient (Wildman–Crippen LogP) is 2.48. The van der Waals surface area contributed by atoms with E-state index in [9.17, 15) is 22.0 Å². The Morgan fingerprint density at radius 3 is 2.56 bits per heavy atom. The van der Waals surface area contributed by atoms with Crippen LogP contribution in [0.5, 0.6) is 0 Å². The summed E-state index contributed by atoms with van der Waals surface area (Å²) in [5.74, 6) is -4.39. The van der Waals surface area contributed by atoms with Gasteiger partial charge in [0.15, 0.2) is 5.69 Å². The number of hydrogen-bond acceptors (Lipinski definition) is 6. The maximum atomic E-state index is 12.6. The molecule has 0 saturated carbocycles. The largest absolute Gasteiger partial charge is 0.464 e. The van der Waals surface area contributed by atoms with E-state index >= 15 is 0 Å². The minimum Gasteiger partial charge on any atom is -0.464 e. The maximum absolute atomic E-state index is 12.6. The minimum absolute atomic E-state index is 0.00317. The number of esters is 1. The molecule has 1 heterocycles. The Kier molecular flexibility index (Phi) is 5.15. The molecule has 25 heavy (non-hydrogen) atoms. The average Bonchev–Trinajstić information content (AvgIpc) is 2.90. The molecule has 132 valence electrons. The molecule has 0 atom stereocenters. The number of methoxy groups -OCH3 is 1. The highest BCUT2D eigenvalue weighted by molar-refractivity contribution is 9.10. The van der Waals surface area contributed by atoms with Crippen LogP contribution in [0.25, 0.3) is 5.69 Å². The number of nitrogens with zero attached hydrogens (tertiary/aromatic N) is 2. The van der Waals surface area contributed by atoms with Crippen LogP contribution >= 0.6 is 15.9 Å². The smallest absolute Gasteiger partial charge is 0.357 e. The van der Waals surface area contributed by atoms with Crippen LogP contribution in [0.2, 0.25) is 0 Å². The quantitative estimate of drug-likeness (QED) is 0.740. The number of hydrogen-bond donors (Lipinski definition) is 1. The van der Waals surface area contributed by atoms with E-state index in [0.29, 0.717) is 0 Å². The number of carbonyl (C=O) groups excluding carboxylic acids is 1. The maximum Gasteiger partial charge on any atom is 0.357 e. The highest BCUT2D eigenvalue weighted by atomic mass is 79.9. The Morgan fingerprint density at radius 2 is 2.08 bits per heavy atom. The fourth-order valence-corrected chi connectivity index (χ4v) is 3.53. The summed E-state index contributed by atoms with van der Waals surface area (Å²) in [4.78, 5) is 11.3. The third-order valence-corrected chi connectivity index (χ3v) is 5.30. The second-order valence-electron chi connectivity index (χ2n) is 4.70. The van der Waals surface area contributed by atoms with Crippen molar-refractivity contribution in [3.8, 4) is 11.8 Å². The van der Waals surface area contributed by atoms with Gasteiger partial charge >= 0.3 is 11.7 Å². The second kappa shape index (κ2) is 6.81. The van der Waals surface area contributed by atoms with Crippen molar-refractivity contribution in [3.63, 3.8) is 0 Å². The van der Waals surface area contributed by atoms with Crippen molar-refractivity contribution in [1.82, 2.24) is 4.57 Å². The van der Waals surface area contributed by atoms with Gasteiger partial charge in [-0.1, -0.05) is 0 Å². The van der Waals surface area contributed by atoms with Gasteiger partial charge in [0.2, 0.25) is 9.84 Å². The molecule has 1 aromatic carbocycles. The number of nitrogens with two attached hydrogens (primary N) is 1. The van der Waals surface area contributed by atoms with Crippen LogP contribution < -0.4 is 5.73 Å². The molecule has 7 nitrogen and oxygen atoms in total. The first kappa shape index (κ1) is 18.9. The lowest BCUT2D eigenvalue weighted by atomic mass is 10.2. The molecule has 0 saturated heterocycles. The lowest BCUT2D eigenvalue weighted by molar-refractivity contribution is 0.0593. The number of alkyl halides is 2. The molecule has 0 unspecified atom stereocenters. The van der Waals surface area contributed by atoms with Crippen LogP contribution in [0, 0.1) is 11.3 Å². The third-order valence-electron chi connectivity index (χ3n) is 3.29. The van der Waals surface area contributed by atoms with Crippen LogP contribution in [0.4, 0.5) is 14.5 Å². The Morgan fingerprint density at radius 1 is 1.44 bits per heavy atom. The molecule has 2 N–H and O–H groups in total. The normalized spacial score (nSPS) is 11.4. The number of benzene rings is 1. The molecule has 2 aromatic rings. The van der Waals surface area contributed by atoms with Gasteiger partial charge in [0.25, 0.3) is 0 Å². The number of halogens is 3. The standard InChI is InChI=1S/C14H10BrF2N3O4S/c1-24-13(21)12-11(19)7(5-18)6-20(12)10-3-2-8(4-9(10)15)25(22,23)14(16)17/h2-4,6,14H,19H2,1H3. The Hall–Kier alpha value is -2.45. The predicted molar refractivity (Wildman–Crippen MR) is 87.1 cm³/mol. The number of rotatable bonds is 4. The molecule has 0 amide bonds. The van der Waals surface area contributed by atoms with Gasteiger partial charge in [-0.25, -0.2) is 13.2 Å². The molecule has 0 radical (unpaired) electrons. The summed E-state index contributed by atoms with van der Waals surface area (Å²) in [6, 6.07) is 4.95. The fourth-order valence-electron chi connectivity index (χ4n) is 2.07. The van der Waals surface area contributed by atoms with Crippen LogP contribution in [0.15, 0.2) is 33.8 Å². The van der Waals surface area contributed by atoms with Gasteiger partial charge in [0.05, 0.1) is 28.9 Å². The van der Waals surface area contributed by atoms with Gasteiger partial charge in [-0.15, -0.1) is 0 Å². The number of nitrogen functional groups attached to an aromatic ring is 1. The van der Waals surface area contributed by atoms with E-state index in [2.05, 4.69) is 20.7 Å². The zero-order chi connectivity index (χ0) is 18.9. The molecule has 0 fully saturated rings. The van der Waals surface area contributed by atoms with Crippen LogP contribution in [-0.2, 0) is 14.6 Å². The summed E-state index contributed by atoms with van der Waals surface area (Å²) in [5, 5.41) is 9.07. The van der Waals surface area contributed by atoms with Crippen molar-refractivity contribution in [3.05, 3.63) is 40.1 Å². The number of anilines is 1. The Balaban J connectivity index is 2.69. The van der Waals surface area contributed by atoms with Crippen molar-refractivity contribution >= 4 is 37.4 Å². The van der Waals surface area contributed by atoms with Crippen LogP contribution in [0.3, 0.4) is 0 Å². The van der Waals surface area contributed by atoms with Crippen LogP contribution in [0.1, 0.15) is 16.1 Å². The van der Waals surface area contributed by atoms with Gasteiger partial charge in [-0.3, -0.25) is 0 Å². The van der Waals surface area contributed by atoms with Crippen molar-refractivity contribution in [2.45, 2.75) is 10.7 Å². The third kappa shape index (κ3) is 3.22. The molecular formula is C14H10BrF2N3O4S. The average molecular weight is 434 g/mol. The van der Waals surface area contributed by atoms with Gasteiger partial charge in [-0.2, -0.15) is 14.0 Å². The van der Waals surface area contributed by atoms with E-state index in [1.807, 2.05) is 6.07 Å². The van der Waals surface area contributed by atoms with Gasteiger partial charge in [0, 0.05) is 10.7 Å². The molecule has 0 aliphatic rings. The molecule has 2 rings (SSSR count). The summed E-state index contributed by atoms with van der Waals surface area (Å²) in [6.45, 7) is 0. The zero-order valence-electron chi connectivity index (χ0n) is 12.5. The molecule has 11 heteroatoms. The summed E-state index contributed by atoms with van der Waals surface area (Å²) in [6.07, 6.45) is 1.25. The number of ether oxygens (including phenoxy) is 1. The van der Waals surface area contributed by atoms with Crippen molar-refractivity contribution < 1.29 is 26.7 Å². The number of carbonyl (C=O) groups is 1. The summed E-state index contributed by atoms with van der Waals surface area (Å²) in [7, 11) is -3.65. The van der Waals surface area contributed by atoms with E-state index < -0.39 is 26.5 Å². The Bertz CT molecular complexity index is 996. The fraction of sp³-hybridized carbons (Fsp3) is 0.143. The highest BCUT2D eigenvalue weighted by Crippen LogP contribution is 2.31. The molecule has 0 bridgehead atoms. The van der Waals surface area contributed by atoms with E-state index in [0.717, 1.165) is 19.2 Å². The monoisotopic (exact) mass is 433 g/mol. The van der Waals surface area contributed by atoms with E-state index in [-0.39, 0.29) is 27.1 Å². The molecular weight excluding hydrogens is 424 g/mol.